The molecule has 0 saturated carbocycles. The SMILES string of the molecule is CCCCCCOc1ccc(N2C(=O)C[C@H]([NH+]3CCN(c4ccc([N+](=O)[O-])cc4)CC3)C2=O)cc1. The predicted molar refractivity (Wildman–Crippen MR) is 133 cm³/mol. The van der Waals surface area contributed by atoms with Crippen molar-refractivity contribution in [3.05, 3.63) is 58.6 Å². The first-order chi connectivity index (χ1) is 17.0. The molecule has 2 saturated heterocycles. The zero-order chi connectivity index (χ0) is 24.8. The van der Waals surface area contributed by atoms with Gasteiger partial charge < -0.3 is 14.5 Å². The second kappa shape index (κ2) is 11.3. The summed E-state index contributed by atoms with van der Waals surface area (Å²) in [6, 6.07) is 13.3. The topological polar surface area (TPSA) is 97.4 Å². The Morgan fingerprint density at radius 1 is 0.971 bits per heavy atom. The maximum absolute atomic E-state index is 13.2. The molecule has 2 aromatic rings. The van der Waals surface area contributed by atoms with Gasteiger partial charge in [0.1, 0.15) is 5.75 Å². The van der Waals surface area contributed by atoms with Crippen LogP contribution in [0.5, 0.6) is 5.75 Å². The summed E-state index contributed by atoms with van der Waals surface area (Å²) in [5.74, 6) is 0.425. The minimum absolute atomic E-state index is 0.0692. The number of piperazine rings is 1. The van der Waals surface area contributed by atoms with Crippen LogP contribution >= 0.6 is 0 Å². The third-order valence-corrected chi connectivity index (χ3v) is 6.83. The molecular weight excluding hydrogens is 448 g/mol. The Bertz CT molecular complexity index is 1030. The number of unbranched alkanes of at least 4 members (excludes halogenated alkanes) is 3. The van der Waals surface area contributed by atoms with Crippen molar-refractivity contribution in [1.29, 1.82) is 0 Å². The summed E-state index contributed by atoms with van der Waals surface area (Å²) in [5.41, 5.74) is 1.59. The van der Waals surface area contributed by atoms with Gasteiger partial charge in [0, 0.05) is 17.8 Å². The highest BCUT2D eigenvalue weighted by Crippen LogP contribution is 2.25. The van der Waals surface area contributed by atoms with E-state index >= 15 is 0 Å². The molecule has 0 spiro atoms. The van der Waals surface area contributed by atoms with E-state index in [1.54, 1.807) is 24.3 Å². The summed E-state index contributed by atoms with van der Waals surface area (Å²) < 4.78 is 5.77. The quantitative estimate of drug-likeness (QED) is 0.243. The van der Waals surface area contributed by atoms with Gasteiger partial charge in [-0.25, -0.2) is 4.90 Å². The second-order valence-corrected chi connectivity index (χ2v) is 9.15. The van der Waals surface area contributed by atoms with Crippen LogP contribution in [0.3, 0.4) is 0 Å². The standard InChI is InChI=1S/C26H32N4O5/c1-2-3-4-5-18-35-23-12-10-21(11-13-23)29-25(31)19-24(26(29)32)28-16-14-27(15-17-28)20-6-8-22(9-7-20)30(33)34/h6-13,24H,2-5,14-19H2,1H3/p+1/t24-/m0/s1. The number of nitrogens with one attached hydrogen (secondary N) is 1. The van der Waals surface area contributed by atoms with Gasteiger partial charge in [0.2, 0.25) is 5.91 Å². The molecule has 9 nitrogen and oxygen atoms in total. The third kappa shape index (κ3) is 5.79. The van der Waals surface area contributed by atoms with Crippen LogP contribution in [-0.2, 0) is 9.59 Å². The molecule has 9 heteroatoms. The fourth-order valence-corrected chi connectivity index (χ4v) is 4.82. The van der Waals surface area contributed by atoms with E-state index in [2.05, 4.69) is 11.8 Å². The van der Waals surface area contributed by atoms with Crippen molar-refractivity contribution in [1.82, 2.24) is 0 Å². The van der Waals surface area contributed by atoms with Gasteiger partial charge in [-0.05, 0) is 42.8 Å². The number of rotatable bonds is 10. The van der Waals surface area contributed by atoms with Crippen molar-refractivity contribution in [2.75, 3.05) is 42.6 Å². The molecule has 2 aliphatic rings. The molecule has 0 aliphatic carbocycles. The van der Waals surface area contributed by atoms with Crippen LogP contribution < -0.4 is 19.4 Å². The highest BCUT2D eigenvalue weighted by molar-refractivity contribution is 6.21. The largest absolute Gasteiger partial charge is 0.494 e. The number of hydrogen-bond acceptors (Lipinski definition) is 6. The van der Waals surface area contributed by atoms with E-state index in [-0.39, 0.29) is 30.0 Å². The number of nitro groups is 1. The van der Waals surface area contributed by atoms with Gasteiger partial charge in [-0.2, -0.15) is 0 Å². The highest BCUT2D eigenvalue weighted by Gasteiger charge is 2.46. The van der Waals surface area contributed by atoms with Crippen LogP contribution in [0.15, 0.2) is 48.5 Å². The number of carbonyl (C=O) groups excluding carboxylic acids is 2. The normalized spacial score (nSPS) is 18.8. The summed E-state index contributed by atoms with van der Waals surface area (Å²) in [4.78, 5) is 41.0. The van der Waals surface area contributed by atoms with E-state index in [1.807, 2.05) is 12.1 Å². The van der Waals surface area contributed by atoms with Crippen LogP contribution in [0.1, 0.15) is 39.0 Å². The van der Waals surface area contributed by atoms with Gasteiger partial charge in [0.15, 0.2) is 6.04 Å². The van der Waals surface area contributed by atoms with Gasteiger partial charge >= 0.3 is 0 Å². The summed E-state index contributed by atoms with van der Waals surface area (Å²) in [5, 5.41) is 10.9. The van der Waals surface area contributed by atoms with Crippen molar-refractivity contribution in [2.24, 2.45) is 0 Å². The average Bonchev–Trinajstić information content (AvgIpc) is 3.18. The molecule has 35 heavy (non-hydrogen) atoms. The number of benzene rings is 2. The average molecular weight is 482 g/mol. The number of amides is 2. The Kier molecular flexibility index (Phi) is 7.97. The summed E-state index contributed by atoms with van der Waals surface area (Å²) in [6.45, 7) is 5.72. The lowest BCUT2D eigenvalue weighted by atomic mass is 10.1. The Labute approximate surface area is 205 Å². The van der Waals surface area contributed by atoms with E-state index in [0.29, 0.717) is 12.3 Å². The van der Waals surface area contributed by atoms with Gasteiger partial charge in [-0.15, -0.1) is 0 Å². The van der Waals surface area contributed by atoms with Gasteiger partial charge in [0.05, 0.1) is 49.8 Å². The number of anilines is 2. The zero-order valence-corrected chi connectivity index (χ0v) is 20.2. The van der Waals surface area contributed by atoms with Crippen molar-refractivity contribution in [3.63, 3.8) is 0 Å². The zero-order valence-electron chi connectivity index (χ0n) is 20.2. The van der Waals surface area contributed by atoms with Gasteiger partial charge in [-0.3, -0.25) is 19.7 Å². The van der Waals surface area contributed by atoms with E-state index in [0.717, 1.165) is 55.4 Å². The molecule has 2 aliphatic heterocycles. The maximum Gasteiger partial charge on any atom is 0.292 e. The van der Waals surface area contributed by atoms with Crippen LogP contribution in [0.25, 0.3) is 0 Å². The Morgan fingerprint density at radius 3 is 2.26 bits per heavy atom. The molecule has 1 atom stereocenters. The molecule has 2 amide bonds. The minimum atomic E-state index is -0.407. The molecule has 2 fully saturated rings. The number of carbonyl (C=O) groups is 2. The van der Waals surface area contributed by atoms with Crippen molar-refractivity contribution in [2.45, 2.75) is 45.1 Å². The van der Waals surface area contributed by atoms with Crippen molar-refractivity contribution < 1.29 is 24.1 Å². The minimum Gasteiger partial charge on any atom is -0.494 e. The molecule has 0 bridgehead atoms. The molecule has 4 rings (SSSR count). The first-order valence-electron chi connectivity index (χ1n) is 12.4. The van der Waals surface area contributed by atoms with Crippen LogP contribution in [0.4, 0.5) is 17.1 Å². The summed E-state index contributed by atoms with van der Waals surface area (Å²) in [7, 11) is 0. The second-order valence-electron chi connectivity index (χ2n) is 9.15. The summed E-state index contributed by atoms with van der Waals surface area (Å²) in [6.07, 6.45) is 4.76. The predicted octanol–water partition coefficient (Wildman–Crippen LogP) is 2.59. The molecule has 2 aromatic carbocycles. The fraction of sp³-hybridized carbons (Fsp3) is 0.462. The highest BCUT2D eigenvalue weighted by atomic mass is 16.6. The molecule has 0 radical (unpaired) electrons. The van der Waals surface area contributed by atoms with E-state index in [1.165, 1.54) is 29.9 Å². The first kappa shape index (κ1) is 24.7. The summed E-state index contributed by atoms with van der Waals surface area (Å²) >= 11 is 0. The number of imide groups is 1. The number of ether oxygens (including phenoxy) is 1. The monoisotopic (exact) mass is 481 g/mol. The van der Waals surface area contributed by atoms with Crippen LogP contribution in [-0.4, -0.2) is 55.6 Å². The lowest BCUT2D eigenvalue weighted by molar-refractivity contribution is -0.915. The van der Waals surface area contributed by atoms with E-state index < -0.39 is 4.92 Å². The van der Waals surface area contributed by atoms with E-state index in [4.69, 9.17) is 4.74 Å². The van der Waals surface area contributed by atoms with Gasteiger partial charge in [0.25, 0.3) is 11.6 Å². The fourth-order valence-electron chi connectivity index (χ4n) is 4.82. The smallest absolute Gasteiger partial charge is 0.292 e. The van der Waals surface area contributed by atoms with Crippen molar-refractivity contribution >= 4 is 28.9 Å². The lowest BCUT2D eigenvalue weighted by Gasteiger charge is -2.35. The Morgan fingerprint density at radius 2 is 1.63 bits per heavy atom. The molecule has 0 unspecified atom stereocenters. The van der Waals surface area contributed by atoms with Crippen LogP contribution in [0.2, 0.25) is 0 Å². The molecule has 0 aromatic heterocycles. The van der Waals surface area contributed by atoms with Crippen molar-refractivity contribution in [3.8, 4) is 5.75 Å². The lowest BCUT2D eigenvalue weighted by Crippen LogP contribution is -3.19. The number of non-ortho nitro benzene ring substituents is 1. The first-order valence-corrected chi connectivity index (χ1v) is 12.4. The molecule has 1 N–H and O–H groups in total. The van der Waals surface area contributed by atoms with Gasteiger partial charge in [-0.1, -0.05) is 26.2 Å². The molecular formula is C26H33N4O5+. The Balaban J connectivity index is 1.31. The number of nitrogens with zero attached hydrogens (tertiary/aromatic N) is 3. The van der Waals surface area contributed by atoms with E-state index in [9.17, 15) is 19.7 Å². The Hall–Kier alpha value is -3.46. The number of hydrogen-bond donors (Lipinski definition) is 1. The van der Waals surface area contributed by atoms with Crippen LogP contribution in [0, 0.1) is 10.1 Å². The number of quaternary nitrogens is 1. The third-order valence-electron chi connectivity index (χ3n) is 6.83. The maximum atomic E-state index is 13.2. The molecule has 186 valence electrons. The number of nitro benzene ring substituents is 1. The molecule has 2 heterocycles.